The van der Waals surface area contributed by atoms with Crippen LogP contribution in [0.5, 0.6) is 0 Å². The molecule has 1 heterocycles. The topological polar surface area (TPSA) is 49.4 Å². The normalized spacial score (nSPS) is 16.9. The van der Waals surface area contributed by atoms with Crippen molar-refractivity contribution in [2.75, 3.05) is 18.2 Å². The third kappa shape index (κ3) is 4.50. The van der Waals surface area contributed by atoms with E-state index in [1.54, 1.807) is 47.4 Å². The van der Waals surface area contributed by atoms with Crippen molar-refractivity contribution in [1.29, 1.82) is 0 Å². The van der Waals surface area contributed by atoms with Gasteiger partial charge in [0, 0.05) is 28.3 Å². The van der Waals surface area contributed by atoms with E-state index >= 15 is 0 Å². The number of thioether (sulfide) groups is 1. The Labute approximate surface area is 173 Å². The van der Waals surface area contributed by atoms with Gasteiger partial charge < -0.3 is 10.2 Å². The Morgan fingerprint density at radius 1 is 1.21 bits per heavy atom. The van der Waals surface area contributed by atoms with Crippen LogP contribution in [0.25, 0.3) is 0 Å². The number of nitrogens with one attached hydrogen (secondary N) is 1. The molecule has 7 heteroatoms. The van der Waals surface area contributed by atoms with Crippen molar-refractivity contribution >= 4 is 35.2 Å². The lowest BCUT2D eigenvalue weighted by molar-refractivity contribution is -0.124. The van der Waals surface area contributed by atoms with Gasteiger partial charge in [0.25, 0.3) is 5.91 Å². The number of carbonyl (C=O) groups is 2. The number of hydrogen-bond acceptors (Lipinski definition) is 3. The first-order chi connectivity index (χ1) is 13.3. The fourth-order valence-corrected chi connectivity index (χ4v) is 4.43. The Morgan fingerprint density at radius 3 is 2.57 bits per heavy atom. The third-order valence-corrected chi connectivity index (χ3v) is 6.11. The minimum Gasteiger partial charge on any atom is -0.353 e. The van der Waals surface area contributed by atoms with Gasteiger partial charge in [-0.1, -0.05) is 43.6 Å². The summed E-state index contributed by atoms with van der Waals surface area (Å²) < 4.78 is 14.1. The fourth-order valence-electron chi connectivity index (χ4n) is 3.15. The maximum Gasteiger partial charge on any atom is 0.255 e. The quantitative estimate of drug-likeness (QED) is 0.792. The molecule has 0 saturated carbocycles. The molecular formula is C21H22ClFN2O2S. The van der Waals surface area contributed by atoms with Crippen LogP contribution in [0.1, 0.15) is 29.8 Å². The summed E-state index contributed by atoms with van der Waals surface area (Å²) in [7, 11) is 0. The van der Waals surface area contributed by atoms with Gasteiger partial charge in [-0.05, 0) is 35.9 Å². The standard InChI is InChI=1S/C21H22ClFN2O2S/c1-21(2,16-5-3-4-6-17(16)23)12-24-19(26)18-11-28-13-25(18)20(27)14-7-9-15(22)10-8-14/h3-10,18H,11-13H2,1-2H3,(H,24,26). The molecule has 1 atom stereocenters. The molecule has 1 unspecified atom stereocenters. The summed E-state index contributed by atoms with van der Waals surface area (Å²) in [6.45, 7) is 4.04. The largest absolute Gasteiger partial charge is 0.353 e. The monoisotopic (exact) mass is 420 g/mol. The van der Waals surface area contributed by atoms with Crippen LogP contribution in [0.2, 0.25) is 5.02 Å². The van der Waals surface area contributed by atoms with E-state index in [2.05, 4.69) is 5.32 Å². The van der Waals surface area contributed by atoms with Crippen molar-refractivity contribution in [3.05, 3.63) is 70.5 Å². The molecule has 4 nitrogen and oxygen atoms in total. The van der Waals surface area contributed by atoms with Gasteiger partial charge in [0.15, 0.2) is 0 Å². The lowest BCUT2D eigenvalue weighted by atomic mass is 9.84. The number of hydrogen-bond donors (Lipinski definition) is 1. The highest BCUT2D eigenvalue weighted by molar-refractivity contribution is 7.99. The first-order valence-corrected chi connectivity index (χ1v) is 10.5. The van der Waals surface area contributed by atoms with E-state index in [0.29, 0.717) is 27.8 Å². The van der Waals surface area contributed by atoms with Crippen molar-refractivity contribution < 1.29 is 14.0 Å². The average Bonchev–Trinajstić information content (AvgIpc) is 3.16. The van der Waals surface area contributed by atoms with Gasteiger partial charge in [0.05, 0.1) is 5.88 Å². The predicted molar refractivity (Wildman–Crippen MR) is 111 cm³/mol. The molecule has 0 bridgehead atoms. The maximum atomic E-state index is 14.1. The number of halogens is 2. The molecule has 2 aromatic carbocycles. The fraction of sp³-hybridized carbons (Fsp3) is 0.333. The number of rotatable bonds is 5. The van der Waals surface area contributed by atoms with Crippen LogP contribution in [-0.2, 0) is 10.2 Å². The van der Waals surface area contributed by atoms with Crippen molar-refractivity contribution in [1.82, 2.24) is 10.2 Å². The zero-order valence-electron chi connectivity index (χ0n) is 15.7. The molecule has 0 radical (unpaired) electrons. The summed E-state index contributed by atoms with van der Waals surface area (Å²) in [5, 5.41) is 3.45. The first kappa shape index (κ1) is 20.7. The number of benzene rings is 2. The molecule has 1 fully saturated rings. The second-order valence-corrected chi connectivity index (χ2v) is 8.82. The summed E-state index contributed by atoms with van der Waals surface area (Å²) >= 11 is 7.42. The van der Waals surface area contributed by atoms with Gasteiger partial charge >= 0.3 is 0 Å². The maximum absolute atomic E-state index is 14.1. The van der Waals surface area contributed by atoms with Crippen LogP contribution >= 0.6 is 23.4 Å². The molecule has 28 heavy (non-hydrogen) atoms. The first-order valence-electron chi connectivity index (χ1n) is 8.96. The second-order valence-electron chi connectivity index (χ2n) is 7.38. The molecule has 3 rings (SSSR count). The Morgan fingerprint density at radius 2 is 1.89 bits per heavy atom. The van der Waals surface area contributed by atoms with Crippen LogP contribution in [0.3, 0.4) is 0 Å². The van der Waals surface area contributed by atoms with Gasteiger partial charge in [-0.15, -0.1) is 11.8 Å². The van der Waals surface area contributed by atoms with E-state index in [-0.39, 0.29) is 24.2 Å². The highest BCUT2D eigenvalue weighted by atomic mass is 35.5. The number of nitrogens with zero attached hydrogens (tertiary/aromatic N) is 1. The third-order valence-electron chi connectivity index (χ3n) is 4.84. The highest BCUT2D eigenvalue weighted by Gasteiger charge is 2.36. The van der Waals surface area contributed by atoms with Crippen molar-refractivity contribution in [2.45, 2.75) is 25.3 Å². The van der Waals surface area contributed by atoms with Crippen LogP contribution in [0, 0.1) is 5.82 Å². The molecule has 0 aromatic heterocycles. The van der Waals surface area contributed by atoms with E-state index in [0.717, 1.165) is 0 Å². The molecule has 1 aliphatic heterocycles. The minimum absolute atomic E-state index is 0.199. The molecule has 0 spiro atoms. The molecule has 1 saturated heterocycles. The Bertz CT molecular complexity index is 873. The molecule has 0 aliphatic carbocycles. The van der Waals surface area contributed by atoms with Gasteiger partial charge in [0.1, 0.15) is 11.9 Å². The number of carbonyl (C=O) groups excluding carboxylic acids is 2. The zero-order valence-corrected chi connectivity index (χ0v) is 17.3. The van der Waals surface area contributed by atoms with Crippen LogP contribution in [0.4, 0.5) is 4.39 Å². The highest BCUT2D eigenvalue weighted by Crippen LogP contribution is 2.26. The van der Waals surface area contributed by atoms with Crippen molar-refractivity contribution in [3.8, 4) is 0 Å². The summed E-state index contributed by atoms with van der Waals surface area (Å²) in [4.78, 5) is 27.1. The Hall–Kier alpha value is -2.05. The van der Waals surface area contributed by atoms with Crippen LogP contribution in [0.15, 0.2) is 48.5 Å². The Kier molecular flexibility index (Phi) is 6.30. The van der Waals surface area contributed by atoms with Gasteiger partial charge in [0.2, 0.25) is 5.91 Å². The smallest absolute Gasteiger partial charge is 0.255 e. The second kappa shape index (κ2) is 8.53. The molecule has 1 N–H and O–H groups in total. The molecular weight excluding hydrogens is 399 g/mol. The summed E-state index contributed by atoms with van der Waals surface area (Å²) in [5.74, 6) is 0.270. The van der Waals surface area contributed by atoms with E-state index in [9.17, 15) is 14.0 Å². The summed E-state index contributed by atoms with van der Waals surface area (Å²) in [5.41, 5.74) is 0.471. The molecule has 1 aliphatic rings. The van der Waals surface area contributed by atoms with E-state index in [4.69, 9.17) is 11.6 Å². The summed E-state index contributed by atoms with van der Waals surface area (Å²) in [6.07, 6.45) is 0. The minimum atomic E-state index is -0.572. The number of amides is 2. The van der Waals surface area contributed by atoms with Crippen LogP contribution in [-0.4, -0.2) is 40.9 Å². The average molecular weight is 421 g/mol. The van der Waals surface area contributed by atoms with Crippen molar-refractivity contribution in [2.24, 2.45) is 0 Å². The summed E-state index contributed by atoms with van der Waals surface area (Å²) in [6, 6.07) is 12.6. The van der Waals surface area contributed by atoms with E-state index in [1.807, 2.05) is 13.8 Å². The van der Waals surface area contributed by atoms with Gasteiger partial charge in [-0.25, -0.2) is 4.39 Å². The lowest BCUT2D eigenvalue weighted by Gasteiger charge is -2.28. The van der Waals surface area contributed by atoms with Gasteiger partial charge in [-0.3, -0.25) is 9.59 Å². The van der Waals surface area contributed by atoms with Gasteiger partial charge in [-0.2, -0.15) is 0 Å². The van der Waals surface area contributed by atoms with Crippen molar-refractivity contribution in [3.63, 3.8) is 0 Å². The molecule has 2 aromatic rings. The molecule has 2 amide bonds. The van der Waals surface area contributed by atoms with E-state index < -0.39 is 11.5 Å². The van der Waals surface area contributed by atoms with E-state index in [1.165, 1.54) is 17.8 Å². The molecule has 148 valence electrons. The predicted octanol–water partition coefficient (Wildman–Crippen LogP) is 4.09. The van der Waals surface area contributed by atoms with Crippen LogP contribution < -0.4 is 5.32 Å². The SMILES string of the molecule is CC(C)(CNC(=O)C1CSCN1C(=O)c1ccc(Cl)cc1)c1ccccc1F. The Balaban J connectivity index is 1.67. The lowest BCUT2D eigenvalue weighted by Crippen LogP contribution is -2.49. The zero-order chi connectivity index (χ0) is 20.3.